The molecule has 5 rings (SSSR count). The number of ether oxygens (including phenoxy) is 3. The van der Waals surface area contributed by atoms with Gasteiger partial charge in [-0.3, -0.25) is 15.0 Å². The van der Waals surface area contributed by atoms with Crippen LogP contribution in [0, 0.1) is 0 Å². The van der Waals surface area contributed by atoms with Crippen LogP contribution < -0.4 is 5.32 Å². The number of nitrogens with one attached hydrogen (secondary N) is 2. The number of amides is 1. The Hall–Kier alpha value is -2.98. The van der Waals surface area contributed by atoms with Crippen molar-refractivity contribution in [1.29, 1.82) is 0 Å². The van der Waals surface area contributed by atoms with Gasteiger partial charge in [0.25, 0.3) is 0 Å². The Morgan fingerprint density at radius 1 is 1.34 bits per heavy atom. The number of carbonyl (C=O) groups is 2. The molecular weight excluding hydrogens is 414 g/mol. The van der Waals surface area contributed by atoms with Gasteiger partial charge in [-0.1, -0.05) is 36.4 Å². The third-order valence-electron chi connectivity index (χ3n) is 6.38. The Labute approximate surface area is 184 Å². The summed E-state index contributed by atoms with van der Waals surface area (Å²) in [6, 6.07) is 6.08. The molecule has 1 aromatic heterocycles. The molecule has 1 aliphatic carbocycles. The molecule has 0 saturated carbocycles. The van der Waals surface area contributed by atoms with Crippen LogP contribution in [-0.2, 0) is 36.8 Å². The lowest BCUT2D eigenvalue weighted by Crippen LogP contribution is -2.67. The minimum atomic E-state index is -1.35. The van der Waals surface area contributed by atoms with Crippen molar-refractivity contribution in [3.8, 4) is 0 Å². The number of para-hydroxylation sites is 1. The van der Waals surface area contributed by atoms with Gasteiger partial charge in [-0.25, -0.2) is 4.79 Å². The van der Waals surface area contributed by atoms with E-state index in [9.17, 15) is 14.7 Å². The van der Waals surface area contributed by atoms with Crippen molar-refractivity contribution >= 4 is 22.8 Å². The number of esters is 1. The summed E-state index contributed by atoms with van der Waals surface area (Å²) in [5.74, 6) is -1.10. The molecule has 1 saturated heterocycles. The van der Waals surface area contributed by atoms with Crippen LogP contribution in [0.2, 0.25) is 0 Å². The molecule has 2 aliphatic heterocycles. The Kier molecular flexibility index (Phi) is 5.34. The van der Waals surface area contributed by atoms with Gasteiger partial charge in [0.15, 0.2) is 18.6 Å². The first-order valence-electron chi connectivity index (χ1n) is 10.5. The highest BCUT2D eigenvalue weighted by atomic mass is 16.7. The predicted octanol–water partition coefficient (Wildman–Crippen LogP) is 0.740. The average molecular weight is 439 g/mol. The minimum absolute atomic E-state index is 0.0485. The Morgan fingerprint density at radius 2 is 2.19 bits per heavy atom. The maximum atomic E-state index is 14.0. The van der Waals surface area contributed by atoms with Crippen molar-refractivity contribution in [3.63, 3.8) is 0 Å². The van der Waals surface area contributed by atoms with E-state index < -0.39 is 36.5 Å². The summed E-state index contributed by atoms with van der Waals surface area (Å²) in [5.41, 5.74) is 1.76. The van der Waals surface area contributed by atoms with Crippen molar-refractivity contribution in [2.24, 2.45) is 0 Å². The molecule has 9 nitrogen and oxygen atoms in total. The van der Waals surface area contributed by atoms with Gasteiger partial charge in [-0.2, -0.15) is 0 Å². The second-order valence-corrected chi connectivity index (χ2v) is 8.04. The number of carbonyl (C=O) groups excluding carboxylic acids is 2. The highest BCUT2D eigenvalue weighted by Crippen LogP contribution is 2.37. The Balaban J connectivity index is 1.53. The average Bonchev–Trinajstić information content (AvgIpc) is 3.43. The fourth-order valence-electron chi connectivity index (χ4n) is 4.84. The molecule has 0 bridgehead atoms. The molecule has 0 radical (unpaired) electrons. The summed E-state index contributed by atoms with van der Waals surface area (Å²) in [6.45, 7) is -0.189. The van der Waals surface area contributed by atoms with E-state index in [0.29, 0.717) is 13.0 Å². The lowest BCUT2D eigenvalue weighted by molar-refractivity contribution is -0.178. The van der Waals surface area contributed by atoms with Gasteiger partial charge in [0.2, 0.25) is 5.91 Å². The fourth-order valence-corrected chi connectivity index (χ4v) is 4.84. The second-order valence-electron chi connectivity index (χ2n) is 8.04. The summed E-state index contributed by atoms with van der Waals surface area (Å²) < 4.78 is 16.5. The molecule has 32 heavy (non-hydrogen) atoms. The van der Waals surface area contributed by atoms with Crippen molar-refractivity contribution in [3.05, 3.63) is 59.8 Å². The number of aromatic amines is 1. The van der Waals surface area contributed by atoms with E-state index in [2.05, 4.69) is 10.3 Å². The molecular formula is C23H25N3O6. The SMILES string of the molecule is COC(=O)[C@H](CO)N(C(=O)[C@@H]1Cc2c([nH]c3ccccc23)CN1)[C@]12C=CC=CC1OCO2. The summed E-state index contributed by atoms with van der Waals surface area (Å²) in [7, 11) is 1.22. The van der Waals surface area contributed by atoms with Gasteiger partial charge in [-0.15, -0.1) is 0 Å². The topological polar surface area (TPSA) is 113 Å². The zero-order chi connectivity index (χ0) is 22.3. The maximum absolute atomic E-state index is 14.0. The fraction of sp³-hybridized carbons (Fsp3) is 0.391. The van der Waals surface area contributed by atoms with Crippen molar-refractivity contribution < 1.29 is 28.9 Å². The number of fused-ring (bicyclic) bond motifs is 4. The lowest BCUT2D eigenvalue weighted by Gasteiger charge is -2.45. The number of nitrogens with zero attached hydrogens (tertiary/aromatic N) is 1. The third kappa shape index (κ3) is 3.17. The molecule has 1 amide bonds. The summed E-state index contributed by atoms with van der Waals surface area (Å²) in [5, 5.41) is 14.4. The van der Waals surface area contributed by atoms with Crippen molar-refractivity contribution in [2.45, 2.75) is 36.9 Å². The zero-order valence-corrected chi connectivity index (χ0v) is 17.6. The molecule has 2 aromatic rings. The van der Waals surface area contributed by atoms with E-state index in [4.69, 9.17) is 14.2 Å². The van der Waals surface area contributed by atoms with E-state index in [1.807, 2.05) is 24.3 Å². The van der Waals surface area contributed by atoms with Crippen LogP contribution in [0.15, 0.2) is 48.6 Å². The summed E-state index contributed by atoms with van der Waals surface area (Å²) in [6.07, 6.45) is 6.81. The second kappa shape index (κ2) is 8.18. The number of allylic oxidation sites excluding steroid dienone is 2. The van der Waals surface area contributed by atoms with Crippen LogP contribution in [0.3, 0.4) is 0 Å². The number of benzene rings is 1. The molecule has 1 unspecified atom stereocenters. The number of aliphatic hydroxyl groups excluding tert-OH is 1. The van der Waals surface area contributed by atoms with Gasteiger partial charge >= 0.3 is 5.97 Å². The molecule has 1 fully saturated rings. The van der Waals surface area contributed by atoms with Crippen molar-refractivity contribution in [2.75, 3.05) is 20.5 Å². The molecule has 4 atom stereocenters. The molecule has 9 heteroatoms. The van der Waals surface area contributed by atoms with Crippen LogP contribution in [0.25, 0.3) is 10.9 Å². The summed E-state index contributed by atoms with van der Waals surface area (Å²) >= 11 is 0. The van der Waals surface area contributed by atoms with E-state index in [-0.39, 0.29) is 12.7 Å². The maximum Gasteiger partial charge on any atom is 0.331 e. The van der Waals surface area contributed by atoms with E-state index in [0.717, 1.165) is 22.2 Å². The highest BCUT2D eigenvalue weighted by molar-refractivity contribution is 5.91. The molecule has 3 N–H and O–H groups in total. The first-order chi connectivity index (χ1) is 15.6. The number of aromatic nitrogens is 1. The van der Waals surface area contributed by atoms with Gasteiger partial charge in [-0.05, 0) is 24.1 Å². The molecule has 1 aromatic carbocycles. The van der Waals surface area contributed by atoms with Crippen LogP contribution in [0.1, 0.15) is 11.3 Å². The minimum Gasteiger partial charge on any atom is -0.467 e. The number of hydrogen-bond donors (Lipinski definition) is 3. The van der Waals surface area contributed by atoms with Crippen molar-refractivity contribution in [1.82, 2.24) is 15.2 Å². The normalized spacial score (nSPS) is 27.1. The zero-order valence-electron chi connectivity index (χ0n) is 17.6. The Bertz CT molecular complexity index is 1110. The number of methoxy groups -OCH3 is 1. The molecule has 3 aliphatic rings. The van der Waals surface area contributed by atoms with Gasteiger partial charge in [0, 0.05) is 23.1 Å². The number of aliphatic hydroxyl groups is 1. The first-order valence-corrected chi connectivity index (χ1v) is 10.5. The van der Waals surface area contributed by atoms with Crippen LogP contribution in [0.5, 0.6) is 0 Å². The van der Waals surface area contributed by atoms with Crippen LogP contribution in [-0.4, -0.2) is 71.3 Å². The van der Waals surface area contributed by atoms with E-state index >= 15 is 0 Å². The smallest absolute Gasteiger partial charge is 0.331 e. The number of rotatable bonds is 5. The van der Waals surface area contributed by atoms with Gasteiger partial charge < -0.3 is 24.3 Å². The molecule has 168 valence electrons. The molecule has 0 spiro atoms. The standard InChI is InChI=1S/C23H25N3O6/c1-30-22(29)19(12-27)26(23-9-5-4-8-20(23)31-13-32-23)21(28)17-10-15-14-6-2-3-7-16(14)25-18(15)11-24-17/h2-9,17,19-20,24-25,27H,10-13H2,1H3/t17-,19-,20?,23-/m0/s1. The number of hydrogen-bond acceptors (Lipinski definition) is 7. The summed E-state index contributed by atoms with van der Waals surface area (Å²) in [4.78, 5) is 31.2. The quantitative estimate of drug-likeness (QED) is 0.589. The van der Waals surface area contributed by atoms with Gasteiger partial charge in [0.1, 0.15) is 6.10 Å². The Morgan fingerprint density at radius 3 is 3.00 bits per heavy atom. The first kappa shape index (κ1) is 20.9. The largest absolute Gasteiger partial charge is 0.467 e. The van der Waals surface area contributed by atoms with Crippen LogP contribution >= 0.6 is 0 Å². The third-order valence-corrected chi connectivity index (χ3v) is 6.38. The van der Waals surface area contributed by atoms with E-state index in [1.165, 1.54) is 12.0 Å². The highest BCUT2D eigenvalue weighted by Gasteiger charge is 2.55. The molecule has 3 heterocycles. The lowest BCUT2D eigenvalue weighted by atomic mass is 9.93. The monoisotopic (exact) mass is 439 g/mol. The number of H-pyrrole nitrogens is 1. The van der Waals surface area contributed by atoms with Crippen LogP contribution in [0.4, 0.5) is 0 Å². The van der Waals surface area contributed by atoms with E-state index in [1.54, 1.807) is 24.3 Å². The predicted molar refractivity (Wildman–Crippen MR) is 114 cm³/mol. The van der Waals surface area contributed by atoms with Gasteiger partial charge in [0.05, 0.1) is 19.8 Å².